The average molecular weight is 456 g/mol. The molecule has 156 valence electrons. The van der Waals surface area contributed by atoms with Crippen LogP contribution in [0, 0.1) is 0 Å². The number of sulfonamides is 1. The van der Waals surface area contributed by atoms with E-state index in [1.54, 1.807) is 6.07 Å². The van der Waals surface area contributed by atoms with Gasteiger partial charge in [-0.2, -0.15) is 4.31 Å². The maximum Gasteiger partial charge on any atom is 0.253 e. The zero-order chi connectivity index (χ0) is 20.4. The molecule has 0 radical (unpaired) electrons. The molecule has 2 aromatic rings. The fraction of sp³-hybridized carbons (Fsp3) is 0.421. The summed E-state index contributed by atoms with van der Waals surface area (Å²) in [7, 11) is -3.74. The van der Waals surface area contributed by atoms with Crippen molar-refractivity contribution in [2.45, 2.75) is 23.1 Å². The number of ether oxygens (including phenoxy) is 1. The molecule has 0 spiro atoms. The van der Waals surface area contributed by atoms with E-state index in [1.165, 1.54) is 10.4 Å². The molecular formula is C19H22ClN3O4S2. The van der Waals surface area contributed by atoms with Gasteiger partial charge < -0.3 is 15.0 Å². The first-order chi connectivity index (χ1) is 13.9. The monoisotopic (exact) mass is 455 g/mol. The number of morpholine rings is 1. The third-order valence-electron chi connectivity index (χ3n) is 5.13. The summed E-state index contributed by atoms with van der Waals surface area (Å²) in [6, 6.07) is 9.92. The third-order valence-corrected chi connectivity index (χ3v) is 8.74. The van der Waals surface area contributed by atoms with Crippen LogP contribution in [-0.2, 0) is 19.6 Å². The molecule has 0 saturated carbocycles. The summed E-state index contributed by atoms with van der Waals surface area (Å²) >= 11 is 6.90. The minimum atomic E-state index is -3.74. The lowest BCUT2D eigenvalue weighted by Crippen LogP contribution is -2.42. The molecule has 1 aromatic heterocycles. The van der Waals surface area contributed by atoms with Crippen LogP contribution in [0.4, 0.5) is 11.4 Å². The molecule has 1 aromatic carbocycles. The molecule has 1 amide bonds. The zero-order valence-electron chi connectivity index (χ0n) is 15.7. The van der Waals surface area contributed by atoms with E-state index in [9.17, 15) is 13.2 Å². The Morgan fingerprint density at radius 3 is 2.48 bits per heavy atom. The van der Waals surface area contributed by atoms with E-state index >= 15 is 0 Å². The first-order valence-corrected chi connectivity index (χ1v) is 12.1. The van der Waals surface area contributed by atoms with Gasteiger partial charge in [-0.3, -0.25) is 4.79 Å². The Morgan fingerprint density at radius 2 is 1.83 bits per heavy atom. The van der Waals surface area contributed by atoms with Gasteiger partial charge in [0, 0.05) is 31.0 Å². The van der Waals surface area contributed by atoms with Crippen molar-refractivity contribution in [2.24, 2.45) is 0 Å². The minimum Gasteiger partial charge on any atom is -0.378 e. The van der Waals surface area contributed by atoms with E-state index in [2.05, 4.69) is 10.2 Å². The zero-order valence-corrected chi connectivity index (χ0v) is 18.1. The van der Waals surface area contributed by atoms with Gasteiger partial charge in [0.25, 0.3) is 10.0 Å². The Balaban J connectivity index is 1.44. The van der Waals surface area contributed by atoms with Crippen molar-refractivity contribution >= 4 is 50.2 Å². The number of hydrogen-bond acceptors (Lipinski definition) is 6. The molecule has 3 heterocycles. The second-order valence-electron chi connectivity index (χ2n) is 6.97. The maximum atomic E-state index is 12.9. The number of amides is 1. The summed E-state index contributed by atoms with van der Waals surface area (Å²) < 4.78 is 33.1. The van der Waals surface area contributed by atoms with E-state index < -0.39 is 16.1 Å². The van der Waals surface area contributed by atoms with Crippen LogP contribution in [0.5, 0.6) is 0 Å². The first kappa shape index (κ1) is 20.6. The smallest absolute Gasteiger partial charge is 0.253 e. The number of halogens is 1. The number of thiophene rings is 1. The Kier molecular flexibility index (Phi) is 6.12. The van der Waals surface area contributed by atoms with E-state index in [1.807, 2.05) is 24.3 Å². The van der Waals surface area contributed by atoms with Gasteiger partial charge in [-0.1, -0.05) is 11.6 Å². The Labute approximate surface area is 179 Å². The van der Waals surface area contributed by atoms with Crippen molar-refractivity contribution < 1.29 is 17.9 Å². The molecule has 7 nitrogen and oxygen atoms in total. The van der Waals surface area contributed by atoms with Crippen LogP contribution in [0.2, 0.25) is 4.34 Å². The van der Waals surface area contributed by atoms with Crippen molar-refractivity contribution in [3.05, 3.63) is 40.7 Å². The molecule has 2 fully saturated rings. The topological polar surface area (TPSA) is 79.0 Å². The molecule has 2 saturated heterocycles. The molecule has 0 bridgehead atoms. The molecule has 1 N–H and O–H groups in total. The highest BCUT2D eigenvalue weighted by Crippen LogP contribution is 2.32. The number of rotatable bonds is 5. The summed E-state index contributed by atoms with van der Waals surface area (Å²) in [6.07, 6.45) is 1.14. The Morgan fingerprint density at radius 1 is 1.10 bits per heavy atom. The van der Waals surface area contributed by atoms with Crippen LogP contribution in [0.25, 0.3) is 0 Å². The number of hydrogen-bond donors (Lipinski definition) is 1. The van der Waals surface area contributed by atoms with E-state index in [0.29, 0.717) is 42.6 Å². The predicted octanol–water partition coefficient (Wildman–Crippen LogP) is 3.03. The molecule has 29 heavy (non-hydrogen) atoms. The molecular weight excluding hydrogens is 434 g/mol. The molecule has 10 heteroatoms. The first-order valence-electron chi connectivity index (χ1n) is 9.46. The van der Waals surface area contributed by atoms with Gasteiger partial charge >= 0.3 is 0 Å². The normalized spacial score (nSPS) is 20.7. The summed E-state index contributed by atoms with van der Waals surface area (Å²) in [5.74, 6) is -0.312. The Hall–Kier alpha value is -1.65. The van der Waals surface area contributed by atoms with Gasteiger partial charge in [-0.15, -0.1) is 11.3 Å². The van der Waals surface area contributed by atoms with Gasteiger partial charge in [-0.25, -0.2) is 8.42 Å². The van der Waals surface area contributed by atoms with Gasteiger partial charge in [-0.05, 0) is 49.2 Å². The summed E-state index contributed by atoms with van der Waals surface area (Å²) in [4.78, 5) is 15.1. The van der Waals surface area contributed by atoms with Gasteiger partial charge in [0.1, 0.15) is 10.3 Å². The molecule has 0 aliphatic carbocycles. The molecule has 2 aliphatic rings. The minimum absolute atomic E-state index is 0.164. The molecule has 1 atom stereocenters. The highest BCUT2D eigenvalue weighted by molar-refractivity contribution is 7.91. The average Bonchev–Trinajstić information content (AvgIpc) is 3.39. The van der Waals surface area contributed by atoms with Crippen molar-refractivity contribution in [1.82, 2.24) is 4.31 Å². The summed E-state index contributed by atoms with van der Waals surface area (Å²) in [5, 5.41) is 2.86. The highest BCUT2D eigenvalue weighted by Gasteiger charge is 2.40. The fourth-order valence-electron chi connectivity index (χ4n) is 3.64. The fourth-order valence-corrected chi connectivity index (χ4v) is 6.91. The van der Waals surface area contributed by atoms with Crippen molar-refractivity contribution in [3.63, 3.8) is 0 Å². The SMILES string of the molecule is O=C(Nc1ccc(N2CCOCC2)cc1)C1CCCN1S(=O)(=O)c1ccc(Cl)s1. The largest absolute Gasteiger partial charge is 0.378 e. The van der Waals surface area contributed by atoms with Gasteiger partial charge in [0.15, 0.2) is 0 Å². The van der Waals surface area contributed by atoms with Crippen LogP contribution in [0.1, 0.15) is 12.8 Å². The number of benzene rings is 1. The third kappa shape index (κ3) is 4.44. The van der Waals surface area contributed by atoms with Crippen LogP contribution in [0.15, 0.2) is 40.6 Å². The molecule has 1 unspecified atom stereocenters. The maximum absolute atomic E-state index is 12.9. The van der Waals surface area contributed by atoms with Crippen LogP contribution >= 0.6 is 22.9 Å². The lowest BCUT2D eigenvalue weighted by molar-refractivity contribution is -0.119. The summed E-state index contributed by atoms with van der Waals surface area (Å²) in [5.41, 5.74) is 1.72. The van der Waals surface area contributed by atoms with Crippen LogP contribution in [-0.4, -0.2) is 57.5 Å². The van der Waals surface area contributed by atoms with Crippen molar-refractivity contribution in [1.29, 1.82) is 0 Å². The molecule has 2 aliphatic heterocycles. The number of anilines is 2. The number of nitrogens with one attached hydrogen (secondary N) is 1. The van der Waals surface area contributed by atoms with E-state index in [-0.39, 0.29) is 10.1 Å². The Bertz CT molecular complexity index is 972. The van der Waals surface area contributed by atoms with Gasteiger partial charge in [0.05, 0.1) is 17.6 Å². The van der Waals surface area contributed by atoms with Gasteiger partial charge in [0.2, 0.25) is 5.91 Å². The lowest BCUT2D eigenvalue weighted by atomic mass is 10.2. The second kappa shape index (κ2) is 8.61. The standard InChI is InChI=1S/C19H22ClN3O4S2/c20-17-7-8-18(28-17)29(25,26)23-9-1-2-16(23)19(24)21-14-3-5-15(6-4-14)22-10-12-27-13-11-22/h3-8,16H,1-2,9-13H2,(H,21,24). The quantitative estimate of drug-likeness (QED) is 0.749. The van der Waals surface area contributed by atoms with E-state index in [4.69, 9.17) is 16.3 Å². The predicted molar refractivity (Wildman–Crippen MR) is 114 cm³/mol. The number of carbonyl (C=O) groups excluding carboxylic acids is 1. The number of nitrogens with zero attached hydrogens (tertiary/aromatic N) is 2. The summed E-state index contributed by atoms with van der Waals surface area (Å²) in [6.45, 7) is 3.42. The van der Waals surface area contributed by atoms with Crippen LogP contribution in [0.3, 0.4) is 0 Å². The highest BCUT2D eigenvalue weighted by atomic mass is 35.5. The second-order valence-corrected chi connectivity index (χ2v) is 10.8. The van der Waals surface area contributed by atoms with Crippen molar-refractivity contribution in [2.75, 3.05) is 43.1 Å². The van der Waals surface area contributed by atoms with Crippen LogP contribution < -0.4 is 10.2 Å². The number of carbonyl (C=O) groups is 1. The lowest BCUT2D eigenvalue weighted by Gasteiger charge is -2.29. The van der Waals surface area contributed by atoms with E-state index in [0.717, 1.165) is 30.1 Å². The molecule has 4 rings (SSSR count). The van der Waals surface area contributed by atoms with Crippen molar-refractivity contribution in [3.8, 4) is 0 Å².